The Bertz CT molecular complexity index is 282. The topological polar surface area (TPSA) is 20.3 Å². The molecule has 1 rings (SSSR count). The lowest BCUT2D eigenvalue weighted by molar-refractivity contribution is -0.113. The van der Waals surface area contributed by atoms with E-state index in [4.69, 9.17) is 0 Å². The standard InChI is InChI=1S/C10H13NO/c1-8(12)10-6-4-5-9(10)7-11(2)3/h4-7H,1-3H3/b9-7+. The van der Waals surface area contributed by atoms with Crippen LogP contribution in [-0.2, 0) is 4.79 Å². The summed E-state index contributed by atoms with van der Waals surface area (Å²) in [6, 6.07) is 0. The van der Waals surface area contributed by atoms with E-state index >= 15 is 0 Å². The van der Waals surface area contributed by atoms with E-state index in [9.17, 15) is 4.79 Å². The van der Waals surface area contributed by atoms with Gasteiger partial charge in [0.05, 0.1) is 0 Å². The molecule has 0 saturated heterocycles. The molecule has 0 unspecified atom stereocenters. The normalized spacial score (nSPS) is 18.2. The lowest BCUT2D eigenvalue weighted by Crippen LogP contribution is -2.05. The number of hydrogen-bond donors (Lipinski definition) is 0. The van der Waals surface area contributed by atoms with Crippen molar-refractivity contribution in [3.05, 3.63) is 35.6 Å². The number of ketones is 1. The summed E-state index contributed by atoms with van der Waals surface area (Å²) >= 11 is 0. The zero-order valence-electron chi connectivity index (χ0n) is 7.66. The molecule has 1 aliphatic carbocycles. The molecule has 0 aromatic rings. The Balaban J connectivity index is 2.88. The van der Waals surface area contributed by atoms with E-state index < -0.39 is 0 Å². The minimum atomic E-state index is 0.119. The van der Waals surface area contributed by atoms with Crippen LogP contribution in [0.4, 0.5) is 0 Å². The largest absolute Gasteiger partial charge is 0.383 e. The number of nitrogens with zero attached hydrogens (tertiary/aromatic N) is 1. The number of hydrogen-bond acceptors (Lipinski definition) is 2. The zero-order valence-corrected chi connectivity index (χ0v) is 7.66. The maximum absolute atomic E-state index is 11.1. The van der Waals surface area contributed by atoms with Gasteiger partial charge in [0.1, 0.15) is 0 Å². The van der Waals surface area contributed by atoms with Crippen LogP contribution in [0.1, 0.15) is 6.92 Å². The highest BCUT2D eigenvalue weighted by molar-refractivity contribution is 5.99. The molecule has 1 aliphatic rings. The summed E-state index contributed by atoms with van der Waals surface area (Å²) in [6.07, 6.45) is 7.62. The second kappa shape index (κ2) is 3.39. The smallest absolute Gasteiger partial charge is 0.160 e. The summed E-state index contributed by atoms with van der Waals surface area (Å²) in [5.41, 5.74) is 1.79. The van der Waals surface area contributed by atoms with E-state index in [-0.39, 0.29) is 5.78 Å². The Hall–Kier alpha value is -1.31. The average molecular weight is 163 g/mol. The summed E-state index contributed by atoms with van der Waals surface area (Å²) in [5.74, 6) is 0.119. The fourth-order valence-corrected chi connectivity index (χ4v) is 1.15. The maximum atomic E-state index is 11.1. The van der Waals surface area contributed by atoms with E-state index in [1.807, 2.05) is 43.4 Å². The van der Waals surface area contributed by atoms with Crippen molar-refractivity contribution >= 4 is 5.78 Å². The van der Waals surface area contributed by atoms with Crippen LogP contribution in [0, 0.1) is 0 Å². The van der Waals surface area contributed by atoms with Gasteiger partial charge in [-0.1, -0.05) is 18.2 Å². The molecule has 0 aliphatic heterocycles. The van der Waals surface area contributed by atoms with Crippen molar-refractivity contribution in [2.24, 2.45) is 0 Å². The van der Waals surface area contributed by atoms with Crippen molar-refractivity contribution in [1.29, 1.82) is 0 Å². The fraction of sp³-hybridized carbons (Fsp3) is 0.300. The van der Waals surface area contributed by atoms with Gasteiger partial charge >= 0.3 is 0 Å². The Morgan fingerprint density at radius 1 is 1.50 bits per heavy atom. The molecule has 0 amide bonds. The van der Waals surface area contributed by atoms with Crippen molar-refractivity contribution in [3.63, 3.8) is 0 Å². The third kappa shape index (κ3) is 1.84. The molecule has 0 aromatic heterocycles. The second-order valence-corrected chi connectivity index (χ2v) is 3.04. The molecular weight excluding hydrogens is 150 g/mol. The van der Waals surface area contributed by atoms with Gasteiger partial charge in [0.25, 0.3) is 0 Å². The molecule has 0 fully saturated rings. The number of Topliss-reactive ketones (excluding diaryl/α,β-unsaturated/α-hetero) is 1. The van der Waals surface area contributed by atoms with Gasteiger partial charge in [-0.25, -0.2) is 0 Å². The van der Waals surface area contributed by atoms with E-state index in [0.29, 0.717) is 0 Å². The van der Waals surface area contributed by atoms with Crippen LogP contribution in [0.2, 0.25) is 0 Å². The van der Waals surface area contributed by atoms with Crippen molar-refractivity contribution in [1.82, 2.24) is 4.90 Å². The maximum Gasteiger partial charge on any atom is 0.160 e. The molecule has 64 valence electrons. The Kier molecular flexibility index (Phi) is 2.48. The molecule has 2 heteroatoms. The van der Waals surface area contributed by atoms with Crippen LogP contribution in [0.5, 0.6) is 0 Å². The Labute approximate surface area is 72.9 Å². The minimum absolute atomic E-state index is 0.119. The first-order valence-corrected chi connectivity index (χ1v) is 3.89. The molecule has 0 spiro atoms. The summed E-state index contributed by atoms with van der Waals surface area (Å²) in [7, 11) is 3.88. The van der Waals surface area contributed by atoms with Crippen LogP contribution >= 0.6 is 0 Å². The highest BCUT2D eigenvalue weighted by atomic mass is 16.1. The average Bonchev–Trinajstić information content (AvgIpc) is 2.33. The first kappa shape index (κ1) is 8.78. The van der Waals surface area contributed by atoms with E-state index in [0.717, 1.165) is 11.1 Å². The van der Waals surface area contributed by atoms with E-state index in [1.54, 1.807) is 6.92 Å². The number of carbonyl (C=O) groups excluding carboxylic acids is 1. The predicted molar refractivity (Wildman–Crippen MR) is 49.7 cm³/mol. The van der Waals surface area contributed by atoms with Gasteiger partial charge < -0.3 is 4.90 Å². The van der Waals surface area contributed by atoms with Gasteiger partial charge in [-0.3, -0.25) is 4.79 Å². The third-order valence-electron chi connectivity index (χ3n) is 1.63. The molecule has 0 aromatic carbocycles. The molecular formula is C10H13NO. The SMILES string of the molecule is CC(=O)C1=CC=C/C1=C\N(C)C. The van der Waals surface area contributed by atoms with Crippen LogP contribution in [0.3, 0.4) is 0 Å². The Morgan fingerprint density at radius 2 is 2.17 bits per heavy atom. The minimum Gasteiger partial charge on any atom is -0.383 e. The Morgan fingerprint density at radius 3 is 2.67 bits per heavy atom. The summed E-state index contributed by atoms with van der Waals surface area (Å²) < 4.78 is 0. The zero-order chi connectivity index (χ0) is 9.14. The van der Waals surface area contributed by atoms with Gasteiger partial charge in [-0.15, -0.1) is 0 Å². The molecule has 0 heterocycles. The molecule has 0 atom stereocenters. The molecule has 12 heavy (non-hydrogen) atoms. The summed E-state index contributed by atoms with van der Waals surface area (Å²) in [5, 5.41) is 0. The monoisotopic (exact) mass is 163 g/mol. The predicted octanol–water partition coefficient (Wildman–Crippen LogP) is 1.52. The first-order valence-electron chi connectivity index (χ1n) is 3.89. The molecule has 2 nitrogen and oxygen atoms in total. The number of rotatable bonds is 2. The molecule has 0 N–H and O–H groups in total. The lowest BCUT2D eigenvalue weighted by Gasteiger charge is -2.07. The van der Waals surface area contributed by atoms with Gasteiger partial charge in [0, 0.05) is 31.4 Å². The van der Waals surface area contributed by atoms with Crippen LogP contribution in [-0.4, -0.2) is 24.8 Å². The van der Waals surface area contributed by atoms with Crippen molar-refractivity contribution in [2.75, 3.05) is 14.1 Å². The third-order valence-corrected chi connectivity index (χ3v) is 1.63. The first-order chi connectivity index (χ1) is 5.61. The van der Waals surface area contributed by atoms with Crippen molar-refractivity contribution in [3.8, 4) is 0 Å². The molecule has 0 bridgehead atoms. The van der Waals surface area contributed by atoms with Crippen molar-refractivity contribution in [2.45, 2.75) is 6.92 Å². The van der Waals surface area contributed by atoms with Crippen LogP contribution < -0.4 is 0 Å². The number of carbonyl (C=O) groups is 1. The van der Waals surface area contributed by atoms with E-state index in [2.05, 4.69) is 0 Å². The second-order valence-electron chi connectivity index (χ2n) is 3.04. The molecule has 0 radical (unpaired) electrons. The number of allylic oxidation sites excluding steroid dienone is 5. The quantitative estimate of drug-likeness (QED) is 0.615. The van der Waals surface area contributed by atoms with Crippen molar-refractivity contribution < 1.29 is 4.79 Å². The van der Waals surface area contributed by atoms with Crippen LogP contribution in [0.15, 0.2) is 35.6 Å². The van der Waals surface area contributed by atoms with Gasteiger partial charge in [-0.05, 0) is 6.92 Å². The summed E-state index contributed by atoms with van der Waals surface area (Å²) in [6.45, 7) is 1.59. The highest BCUT2D eigenvalue weighted by Crippen LogP contribution is 2.18. The summed E-state index contributed by atoms with van der Waals surface area (Å²) in [4.78, 5) is 13.0. The van der Waals surface area contributed by atoms with Gasteiger partial charge in [-0.2, -0.15) is 0 Å². The van der Waals surface area contributed by atoms with Crippen LogP contribution in [0.25, 0.3) is 0 Å². The lowest BCUT2D eigenvalue weighted by atomic mass is 10.1. The molecule has 0 saturated carbocycles. The van der Waals surface area contributed by atoms with Gasteiger partial charge in [0.2, 0.25) is 0 Å². The highest BCUT2D eigenvalue weighted by Gasteiger charge is 2.10. The fourth-order valence-electron chi connectivity index (χ4n) is 1.15. The van der Waals surface area contributed by atoms with Gasteiger partial charge in [0.15, 0.2) is 5.78 Å². The van der Waals surface area contributed by atoms with E-state index in [1.165, 1.54) is 0 Å².